The monoisotopic (exact) mass is 408 g/mol. The van der Waals surface area contributed by atoms with Crippen LogP contribution in [0.15, 0.2) is 30.3 Å². The molecule has 3 aliphatic rings. The third-order valence-corrected chi connectivity index (χ3v) is 5.69. The van der Waals surface area contributed by atoms with Gasteiger partial charge in [-0.15, -0.1) is 0 Å². The van der Waals surface area contributed by atoms with E-state index in [9.17, 15) is 0 Å². The van der Waals surface area contributed by atoms with Crippen molar-refractivity contribution in [2.75, 3.05) is 33.7 Å². The van der Waals surface area contributed by atoms with Gasteiger partial charge in [0, 0.05) is 25.0 Å². The minimum atomic E-state index is -0.503. The van der Waals surface area contributed by atoms with E-state index in [1.807, 2.05) is 44.2 Å². The number of hydrogen-bond acceptors (Lipinski definition) is 7. The number of fused-ring (bicyclic) bond motifs is 1. The van der Waals surface area contributed by atoms with Gasteiger partial charge in [0.25, 0.3) is 0 Å². The molecule has 0 aliphatic carbocycles. The fourth-order valence-corrected chi connectivity index (χ4v) is 4.18. The predicted octanol–water partition coefficient (Wildman–Crippen LogP) is 3.04. The van der Waals surface area contributed by atoms with E-state index in [2.05, 4.69) is 0 Å². The zero-order chi connectivity index (χ0) is 20.3. The molecule has 4 rings (SSSR count). The Hall–Kier alpha value is -1.06. The molecule has 0 aromatic heterocycles. The van der Waals surface area contributed by atoms with Crippen LogP contribution in [0.2, 0.25) is 0 Å². The quantitative estimate of drug-likeness (QED) is 0.671. The summed E-state index contributed by atoms with van der Waals surface area (Å²) < 4.78 is 41.4. The van der Waals surface area contributed by atoms with Crippen LogP contribution in [0.25, 0.3) is 0 Å². The largest absolute Gasteiger partial charge is 0.370 e. The highest BCUT2D eigenvalue weighted by Crippen LogP contribution is 2.37. The molecule has 7 nitrogen and oxygen atoms in total. The van der Waals surface area contributed by atoms with Gasteiger partial charge in [-0.1, -0.05) is 30.3 Å². The molecule has 1 aromatic carbocycles. The minimum absolute atomic E-state index is 0.0389. The summed E-state index contributed by atoms with van der Waals surface area (Å²) in [5, 5.41) is 0. The molecule has 3 saturated heterocycles. The van der Waals surface area contributed by atoms with Crippen LogP contribution in [0.4, 0.5) is 0 Å². The van der Waals surface area contributed by atoms with Crippen molar-refractivity contribution < 1.29 is 33.2 Å². The van der Waals surface area contributed by atoms with E-state index >= 15 is 0 Å². The summed E-state index contributed by atoms with van der Waals surface area (Å²) in [5.74, 6) is -0.202. The number of methoxy groups -OCH3 is 1. The maximum atomic E-state index is 6.36. The lowest BCUT2D eigenvalue weighted by Gasteiger charge is -2.46. The maximum Gasteiger partial charge on any atom is 0.184 e. The van der Waals surface area contributed by atoms with E-state index in [1.54, 1.807) is 7.11 Å². The zero-order valence-electron chi connectivity index (χ0n) is 17.5. The summed E-state index contributed by atoms with van der Waals surface area (Å²) in [6.45, 7) is 5.93. The van der Waals surface area contributed by atoms with E-state index in [0.29, 0.717) is 25.7 Å². The van der Waals surface area contributed by atoms with Gasteiger partial charge in [0.05, 0.1) is 32.0 Å². The molecule has 3 heterocycles. The van der Waals surface area contributed by atoms with Crippen molar-refractivity contribution >= 4 is 0 Å². The van der Waals surface area contributed by atoms with Crippen LogP contribution in [0.1, 0.15) is 38.5 Å². The first-order valence-corrected chi connectivity index (χ1v) is 10.4. The summed E-state index contributed by atoms with van der Waals surface area (Å²) in [6, 6.07) is 9.96. The number of rotatable bonds is 6. The fourth-order valence-electron chi connectivity index (χ4n) is 4.18. The highest BCUT2D eigenvalue weighted by molar-refractivity contribution is 5.16. The van der Waals surface area contributed by atoms with Crippen molar-refractivity contribution in [1.82, 2.24) is 0 Å². The van der Waals surface area contributed by atoms with Crippen molar-refractivity contribution in [2.24, 2.45) is 5.92 Å². The van der Waals surface area contributed by atoms with Crippen LogP contribution >= 0.6 is 0 Å². The molecule has 162 valence electrons. The smallest absolute Gasteiger partial charge is 0.184 e. The van der Waals surface area contributed by atoms with Crippen molar-refractivity contribution in [1.29, 1.82) is 0 Å². The Labute approximate surface area is 172 Å². The average Bonchev–Trinajstić information content (AvgIpc) is 2.74. The Morgan fingerprint density at radius 2 is 1.79 bits per heavy atom. The van der Waals surface area contributed by atoms with Gasteiger partial charge in [-0.05, 0) is 20.3 Å². The molecule has 3 fully saturated rings. The van der Waals surface area contributed by atoms with E-state index in [0.717, 1.165) is 18.4 Å². The molecule has 0 radical (unpaired) electrons. The van der Waals surface area contributed by atoms with Crippen LogP contribution in [0, 0.1) is 5.92 Å². The molecule has 0 bridgehead atoms. The van der Waals surface area contributed by atoms with Gasteiger partial charge in [-0.25, -0.2) is 0 Å². The lowest BCUT2D eigenvalue weighted by molar-refractivity contribution is -0.323. The van der Waals surface area contributed by atoms with Gasteiger partial charge < -0.3 is 33.2 Å². The van der Waals surface area contributed by atoms with Gasteiger partial charge in [0.15, 0.2) is 12.1 Å². The first-order chi connectivity index (χ1) is 14.0. The Balaban J connectivity index is 1.39. The van der Waals surface area contributed by atoms with E-state index in [1.165, 1.54) is 0 Å². The predicted molar refractivity (Wildman–Crippen MR) is 104 cm³/mol. The van der Waals surface area contributed by atoms with Crippen molar-refractivity contribution in [3.05, 3.63) is 35.9 Å². The molecule has 7 heteroatoms. The molecule has 0 amide bonds. The fraction of sp³-hybridized carbons (Fsp3) is 0.727. The molecule has 1 aromatic rings. The van der Waals surface area contributed by atoms with Gasteiger partial charge >= 0.3 is 0 Å². The van der Waals surface area contributed by atoms with Gasteiger partial charge in [-0.2, -0.15) is 0 Å². The second-order valence-corrected chi connectivity index (χ2v) is 8.44. The van der Waals surface area contributed by atoms with Gasteiger partial charge in [-0.3, -0.25) is 0 Å². The van der Waals surface area contributed by atoms with Gasteiger partial charge in [0.1, 0.15) is 19.0 Å². The number of ether oxygens (including phenoxy) is 7. The van der Waals surface area contributed by atoms with Crippen LogP contribution in [0.5, 0.6) is 0 Å². The van der Waals surface area contributed by atoms with Crippen LogP contribution in [0.3, 0.4) is 0 Å². The molecule has 0 N–H and O–H groups in total. The third-order valence-electron chi connectivity index (χ3n) is 5.69. The second kappa shape index (κ2) is 9.39. The molecule has 0 saturated carbocycles. The summed E-state index contributed by atoms with van der Waals surface area (Å²) in [5.41, 5.74) is 0.998. The highest BCUT2D eigenvalue weighted by Gasteiger charge is 2.45. The summed E-state index contributed by atoms with van der Waals surface area (Å²) in [6.07, 6.45) is 0.747. The Kier molecular flexibility index (Phi) is 6.86. The topological polar surface area (TPSA) is 64.6 Å². The average molecular weight is 408 g/mol. The second-order valence-electron chi connectivity index (χ2n) is 8.44. The third kappa shape index (κ3) is 5.35. The maximum absolute atomic E-state index is 6.36. The SMILES string of the molecule is COCO[C@H]1C[C@@H](CC2COC(C)(C)OC2)O[C@@H]2CO[C@@H](c3ccccc3)O[C@@H]12. The molecule has 5 atom stereocenters. The van der Waals surface area contributed by atoms with Crippen LogP contribution in [-0.2, 0) is 33.2 Å². The van der Waals surface area contributed by atoms with Crippen molar-refractivity contribution in [2.45, 2.75) is 63.2 Å². The molecule has 29 heavy (non-hydrogen) atoms. The van der Waals surface area contributed by atoms with E-state index in [-0.39, 0.29) is 31.2 Å². The molecular formula is C22H32O7. The van der Waals surface area contributed by atoms with Crippen LogP contribution in [-0.4, -0.2) is 63.9 Å². The molecule has 3 aliphatic heterocycles. The van der Waals surface area contributed by atoms with E-state index < -0.39 is 12.1 Å². The van der Waals surface area contributed by atoms with Crippen LogP contribution < -0.4 is 0 Å². The summed E-state index contributed by atoms with van der Waals surface area (Å²) in [7, 11) is 1.63. The normalized spacial score (nSPS) is 35.2. The number of hydrogen-bond donors (Lipinski definition) is 0. The highest BCUT2D eigenvalue weighted by atomic mass is 16.7. The minimum Gasteiger partial charge on any atom is -0.370 e. The van der Waals surface area contributed by atoms with E-state index in [4.69, 9.17) is 33.2 Å². The Bertz CT molecular complexity index is 627. The standard InChI is InChI=1S/C22H32O7/c1-22(2)26-11-15(12-27-22)9-17-10-18(25-14-23-3)20-19(28-17)13-24-21(29-20)16-7-5-4-6-8-16/h4-8,15,17-21H,9-14H2,1-3H3/t17-,18+,19-,20+,21-/m1/s1. The first kappa shape index (κ1) is 21.2. The Morgan fingerprint density at radius 1 is 1.03 bits per heavy atom. The lowest BCUT2D eigenvalue weighted by Crippen LogP contribution is -2.56. The molecule has 0 spiro atoms. The lowest BCUT2D eigenvalue weighted by atomic mass is 9.91. The summed E-state index contributed by atoms with van der Waals surface area (Å²) in [4.78, 5) is 0. The summed E-state index contributed by atoms with van der Waals surface area (Å²) >= 11 is 0. The Morgan fingerprint density at radius 3 is 2.52 bits per heavy atom. The molecular weight excluding hydrogens is 376 g/mol. The van der Waals surface area contributed by atoms with Gasteiger partial charge in [0.2, 0.25) is 0 Å². The molecule has 0 unspecified atom stereocenters. The first-order valence-electron chi connectivity index (χ1n) is 10.4. The number of benzene rings is 1. The van der Waals surface area contributed by atoms with Crippen molar-refractivity contribution in [3.8, 4) is 0 Å². The van der Waals surface area contributed by atoms with Crippen molar-refractivity contribution in [3.63, 3.8) is 0 Å². The zero-order valence-corrected chi connectivity index (χ0v) is 17.5.